The molecule has 26 heavy (non-hydrogen) atoms. The number of nitrogens with zero attached hydrogens (tertiary/aromatic N) is 2. The molecule has 0 aliphatic carbocycles. The van der Waals surface area contributed by atoms with E-state index in [4.69, 9.17) is 9.47 Å². The van der Waals surface area contributed by atoms with Gasteiger partial charge in [0, 0.05) is 12.1 Å². The normalized spacial score (nSPS) is 18.6. The van der Waals surface area contributed by atoms with Crippen LogP contribution in [0.2, 0.25) is 0 Å². The summed E-state index contributed by atoms with van der Waals surface area (Å²) in [7, 11) is 0. The molecule has 9 heteroatoms. The van der Waals surface area contributed by atoms with Crippen molar-refractivity contribution < 1.29 is 24.1 Å². The molecule has 2 atom stereocenters. The molecule has 1 heterocycles. The molecular weight excluding hydrogens is 344 g/mol. The van der Waals surface area contributed by atoms with E-state index in [1.807, 2.05) is 0 Å². The summed E-state index contributed by atoms with van der Waals surface area (Å²) in [6.45, 7) is 4.38. The lowest BCUT2D eigenvalue weighted by atomic mass is 10.0. The van der Waals surface area contributed by atoms with E-state index in [-0.39, 0.29) is 24.4 Å². The lowest BCUT2D eigenvalue weighted by Gasteiger charge is -2.04. The minimum atomic E-state index is -0.842. The van der Waals surface area contributed by atoms with Gasteiger partial charge in [-0.05, 0) is 12.3 Å². The van der Waals surface area contributed by atoms with Crippen LogP contribution in [0.1, 0.15) is 49.9 Å². The van der Waals surface area contributed by atoms with E-state index in [0.717, 1.165) is 43.9 Å². The van der Waals surface area contributed by atoms with Crippen molar-refractivity contribution in [1.82, 2.24) is 0 Å². The summed E-state index contributed by atoms with van der Waals surface area (Å²) in [5, 5.41) is 21.7. The van der Waals surface area contributed by atoms with E-state index in [2.05, 4.69) is 13.8 Å². The van der Waals surface area contributed by atoms with Crippen LogP contribution in [0.4, 0.5) is 11.4 Å². The molecule has 2 rings (SSSR count). The summed E-state index contributed by atoms with van der Waals surface area (Å²) < 4.78 is 10.5. The van der Waals surface area contributed by atoms with Crippen LogP contribution in [-0.2, 0) is 9.47 Å². The summed E-state index contributed by atoms with van der Waals surface area (Å²) in [5.41, 5.74) is -1.28. The van der Waals surface area contributed by atoms with Crippen LogP contribution >= 0.6 is 0 Å². The first-order valence-electron chi connectivity index (χ1n) is 8.54. The third-order valence-electron chi connectivity index (χ3n) is 4.15. The maximum absolute atomic E-state index is 12.0. The average Bonchev–Trinajstić information content (AvgIpc) is 3.34. The number of hydrogen-bond donors (Lipinski definition) is 0. The molecular formula is C17H22N2O7. The van der Waals surface area contributed by atoms with Gasteiger partial charge in [0.2, 0.25) is 0 Å². The molecule has 1 aromatic rings. The van der Waals surface area contributed by atoms with Crippen molar-refractivity contribution >= 4 is 17.3 Å². The minimum absolute atomic E-state index is 0.0319. The van der Waals surface area contributed by atoms with Crippen LogP contribution in [0.3, 0.4) is 0 Å². The lowest BCUT2D eigenvalue weighted by molar-refractivity contribution is -0.394. The number of epoxide rings is 1. The average molecular weight is 366 g/mol. The van der Waals surface area contributed by atoms with Crippen LogP contribution in [0, 0.1) is 26.1 Å². The second-order valence-electron chi connectivity index (χ2n) is 6.74. The molecule has 1 fully saturated rings. The van der Waals surface area contributed by atoms with Gasteiger partial charge < -0.3 is 9.47 Å². The zero-order valence-electron chi connectivity index (χ0n) is 14.8. The van der Waals surface area contributed by atoms with E-state index < -0.39 is 27.2 Å². The topological polar surface area (TPSA) is 125 Å². The first-order chi connectivity index (χ1) is 12.3. The quantitative estimate of drug-likeness (QED) is 0.203. The number of carbonyl (C=O) groups excluding carboxylic acids is 1. The van der Waals surface area contributed by atoms with Gasteiger partial charge in [-0.1, -0.05) is 33.1 Å². The smallest absolute Gasteiger partial charge is 0.338 e. The van der Waals surface area contributed by atoms with E-state index >= 15 is 0 Å². The van der Waals surface area contributed by atoms with E-state index in [0.29, 0.717) is 5.92 Å². The van der Waals surface area contributed by atoms with Gasteiger partial charge in [0.05, 0.1) is 27.6 Å². The van der Waals surface area contributed by atoms with Crippen molar-refractivity contribution in [2.24, 2.45) is 5.92 Å². The van der Waals surface area contributed by atoms with Crippen molar-refractivity contribution in [3.05, 3.63) is 44.0 Å². The number of rotatable bonds is 10. The van der Waals surface area contributed by atoms with Crippen LogP contribution in [0.5, 0.6) is 0 Å². The predicted molar refractivity (Wildman–Crippen MR) is 92.0 cm³/mol. The highest BCUT2D eigenvalue weighted by Crippen LogP contribution is 2.29. The molecule has 0 saturated carbocycles. The third-order valence-corrected chi connectivity index (χ3v) is 4.15. The number of unbranched alkanes of at least 4 members (excludes halogenated alkanes) is 1. The summed E-state index contributed by atoms with van der Waals surface area (Å²) in [6, 6.07) is 2.73. The molecule has 0 N–H and O–H groups in total. The number of non-ortho nitro benzene ring substituents is 2. The fraction of sp³-hybridized carbons (Fsp3) is 0.588. The van der Waals surface area contributed by atoms with Crippen molar-refractivity contribution in [2.45, 2.75) is 51.7 Å². The molecule has 0 unspecified atom stereocenters. The Labute approximate surface area is 150 Å². The van der Waals surface area contributed by atoms with Crippen molar-refractivity contribution in [2.75, 3.05) is 6.61 Å². The largest absolute Gasteiger partial charge is 0.459 e. The second-order valence-corrected chi connectivity index (χ2v) is 6.74. The number of carbonyl (C=O) groups is 1. The van der Waals surface area contributed by atoms with Crippen LogP contribution in [0.25, 0.3) is 0 Å². The Hall–Kier alpha value is -2.55. The van der Waals surface area contributed by atoms with Crippen LogP contribution < -0.4 is 0 Å². The first-order valence-corrected chi connectivity index (χ1v) is 8.54. The van der Waals surface area contributed by atoms with Crippen LogP contribution in [0.15, 0.2) is 18.2 Å². The molecule has 0 spiro atoms. The van der Waals surface area contributed by atoms with Crippen molar-refractivity contribution in [1.29, 1.82) is 0 Å². The zero-order chi connectivity index (χ0) is 19.3. The molecule has 1 aliphatic heterocycles. The highest BCUT2D eigenvalue weighted by Gasteiger charge is 2.39. The summed E-state index contributed by atoms with van der Waals surface area (Å²) in [6.07, 6.45) is 4.13. The number of benzene rings is 1. The van der Waals surface area contributed by atoms with Crippen molar-refractivity contribution in [3.63, 3.8) is 0 Å². The number of ether oxygens (including phenoxy) is 2. The van der Waals surface area contributed by atoms with Gasteiger partial charge in [-0.15, -0.1) is 0 Å². The highest BCUT2D eigenvalue weighted by molar-refractivity contribution is 5.91. The second kappa shape index (κ2) is 8.70. The zero-order valence-corrected chi connectivity index (χ0v) is 14.8. The number of hydrogen-bond acceptors (Lipinski definition) is 7. The molecule has 1 aromatic carbocycles. The summed E-state index contributed by atoms with van der Waals surface area (Å²) in [4.78, 5) is 32.2. The molecule has 9 nitrogen and oxygen atoms in total. The summed E-state index contributed by atoms with van der Waals surface area (Å²) in [5.74, 6) is -0.170. The number of esters is 1. The van der Waals surface area contributed by atoms with Gasteiger partial charge in [0.25, 0.3) is 11.4 Å². The Morgan fingerprint density at radius 2 is 1.73 bits per heavy atom. The SMILES string of the molecule is CC(C)CCCC[C@H]1O[C@H]1COC(=O)c1cc([N+](=O)[O-])cc([N+](=O)[O-])c1. The van der Waals surface area contributed by atoms with Gasteiger partial charge in [-0.3, -0.25) is 20.2 Å². The van der Waals surface area contributed by atoms with Gasteiger partial charge in [-0.2, -0.15) is 0 Å². The fourth-order valence-electron chi connectivity index (χ4n) is 2.64. The summed E-state index contributed by atoms with van der Waals surface area (Å²) >= 11 is 0. The van der Waals surface area contributed by atoms with Gasteiger partial charge in [0.15, 0.2) is 0 Å². The van der Waals surface area contributed by atoms with Gasteiger partial charge in [-0.25, -0.2) is 4.79 Å². The fourth-order valence-corrected chi connectivity index (χ4v) is 2.64. The number of nitro groups is 2. The molecule has 0 aromatic heterocycles. The van der Waals surface area contributed by atoms with Crippen molar-refractivity contribution in [3.8, 4) is 0 Å². The molecule has 0 amide bonds. The van der Waals surface area contributed by atoms with E-state index in [1.54, 1.807) is 0 Å². The number of nitro benzene ring substituents is 2. The molecule has 142 valence electrons. The van der Waals surface area contributed by atoms with Gasteiger partial charge in [0.1, 0.15) is 12.7 Å². The monoisotopic (exact) mass is 366 g/mol. The maximum atomic E-state index is 12.0. The predicted octanol–water partition coefficient (Wildman–Crippen LogP) is 3.64. The molecule has 0 radical (unpaired) electrons. The Kier molecular flexibility index (Phi) is 6.62. The Morgan fingerprint density at radius 3 is 2.27 bits per heavy atom. The van der Waals surface area contributed by atoms with E-state index in [1.165, 1.54) is 0 Å². The van der Waals surface area contributed by atoms with E-state index in [9.17, 15) is 25.0 Å². The third kappa shape index (κ3) is 5.76. The Balaban J connectivity index is 1.83. The highest BCUT2D eigenvalue weighted by atomic mass is 16.6. The minimum Gasteiger partial charge on any atom is -0.459 e. The standard InChI is InChI=1S/C17H22N2O7/c1-11(2)5-3-4-6-15-16(26-15)10-25-17(20)12-7-13(18(21)22)9-14(8-12)19(23)24/h7-9,11,15-16H,3-6,10H2,1-2H3/t15-,16+/m1/s1. The van der Waals surface area contributed by atoms with Crippen LogP contribution in [-0.4, -0.2) is 34.6 Å². The Morgan fingerprint density at radius 1 is 1.12 bits per heavy atom. The van der Waals surface area contributed by atoms with Gasteiger partial charge >= 0.3 is 5.97 Å². The molecule has 1 saturated heterocycles. The molecule has 1 aliphatic rings. The lowest BCUT2D eigenvalue weighted by Crippen LogP contribution is -2.12. The maximum Gasteiger partial charge on any atom is 0.338 e. The Bertz CT molecular complexity index is 657. The first kappa shape index (κ1) is 19.8. The molecule has 0 bridgehead atoms.